The molecular formula is C21H20N2O. The molecule has 0 radical (unpaired) electrons. The number of aromatic nitrogens is 1. The predicted molar refractivity (Wildman–Crippen MR) is 97.8 cm³/mol. The number of hydrogen-bond donors (Lipinski definition) is 0. The molecule has 1 aromatic heterocycles. The zero-order chi connectivity index (χ0) is 16.6. The van der Waals surface area contributed by atoms with Crippen LogP contribution in [0.2, 0.25) is 0 Å². The highest BCUT2D eigenvalue weighted by Gasteiger charge is 2.34. The van der Waals surface area contributed by atoms with Crippen LogP contribution in [-0.2, 0) is 0 Å². The molecule has 2 heterocycles. The number of ether oxygens (including phenoxy) is 1. The summed E-state index contributed by atoms with van der Waals surface area (Å²) in [5.41, 5.74) is 3.55. The summed E-state index contributed by atoms with van der Waals surface area (Å²) in [5, 5.41) is 1.13. The average molecular weight is 316 g/mol. The Balaban J connectivity index is 1.93. The molecule has 3 aromatic rings. The summed E-state index contributed by atoms with van der Waals surface area (Å²) in [6.07, 6.45) is 3.59. The Bertz CT molecular complexity index is 926. The molecule has 0 spiro atoms. The number of para-hydroxylation sites is 2. The minimum Gasteiger partial charge on any atom is -0.466 e. The molecule has 120 valence electrons. The summed E-state index contributed by atoms with van der Waals surface area (Å²) in [5.74, 6) is 0.902. The Morgan fingerprint density at radius 1 is 0.958 bits per heavy atom. The van der Waals surface area contributed by atoms with Crippen LogP contribution in [0.4, 0.5) is 0 Å². The first kappa shape index (κ1) is 14.9. The zero-order valence-electron chi connectivity index (χ0n) is 14.0. The lowest BCUT2D eigenvalue weighted by atomic mass is 9.97. The summed E-state index contributed by atoms with van der Waals surface area (Å²) < 4.78 is 6.25. The van der Waals surface area contributed by atoms with E-state index in [4.69, 9.17) is 9.73 Å². The maximum Gasteiger partial charge on any atom is 0.200 e. The SMILES string of the molecule is CCC1(CC)N=C(c2cnc3ccccc3c2)c2ccccc2O1. The van der Waals surface area contributed by atoms with Gasteiger partial charge in [0.05, 0.1) is 11.2 Å². The first-order valence-corrected chi connectivity index (χ1v) is 8.48. The number of fused-ring (bicyclic) bond motifs is 2. The first-order chi connectivity index (χ1) is 11.7. The van der Waals surface area contributed by atoms with Gasteiger partial charge >= 0.3 is 0 Å². The molecule has 0 atom stereocenters. The number of pyridine rings is 1. The molecule has 4 rings (SSSR count). The van der Waals surface area contributed by atoms with Crippen LogP contribution in [-0.4, -0.2) is 16.4 Å². The topological polar surface area (TPSA) is 34.5 Å². The van der Waals surface area contributed by atoms with Crippen molar-refractivity contribution in [3.63, 3.8) is 0 Å². The Morgan fingerprint density at radius 3 is 2.54 bits per heavy atom. The van der Waals surface area contributed by atoms with Crippen LogP contribution in [0, 0.1) is 0 Å². The van der Waals surface area contributed by atoms with Crippen LogP contribution < -0.4 is 4.74 Å². The predicted octanol–water partition coefficient (Wildman–Crippen LogP) is 4.98. The molecule has 3 heteroatoms. The van der Waals surface area contributed by atoms with E-state index in [1.807, 2.05) is 42.6 Å². The van der Waals surface area contributed by atoms with Crippen molar-refractivity contribution in [3.05, 3.63) is 71.9 Å². The average Bonchev–Trinajstić information content (AvgIpc) is 2.66. The number of nitrogens with zero attached hydrogens (tertiary/aromatic N) is 2. The standard InChI is InChI=1S/C21H20N2O/c1-3-21(4-2)23-20(17-10-6-8-12-19(17)24-21)16-13-15-9-5-7-11-18(15)22-14-16/h5-14H,3-4H2,1-2H3. The monoisotopic (exact) mass is 316 g/mol. The Hall–Kier alpha value is -2.68. The Kier molecular flexibility index (Phi) is 3.57. The summed E-state index contributed by atoms with van der Waals surface area (Å²) in [7, 11) is 0. The van der Waals surface area contributed by atoms with E-state index in [0.717, 1.165) is 46.3 Å². The largest absolute Gasteiger partial charge is 0.466 e. The van der Waals surface area contributed by atoms with E-state index in [1.54, 1.807) is 0 Å². The van der Waals surface area contributed by atoms with Crippen molar-refractivity contribution in [1.82, 2.24) is 4.98 Å². The first-order valence-electron chi connectivity index (χ1n) is 8.48. The van der Waals surface area contributed by atoms with Gasteiger partial charge in [-0.15, -0.1) is 0 Å². The molecule has 0 saturated heterocycles. The molecule has 24 heavy (non-hydrogen) atoms. The second kappa shape index (κ2) is 5.75. The third-order valence-electron chi connectivity index (χ3n) is 4.73. The van der Waals surface area contributed by atoms with Crippen molar-refractivity contribution in [2.24, 2.45) is 4.99 Å². The van der Waals surface area contributed by atoms with E-state index >= 15 is 0 Å². The Labute approximate surface area is 142 Å². The molecule has 1 aliphatic heterocycles. The minimum atomic E-state index is -0.491. The highest BCUT2D eigenvalue weighted by atomic mass is 16.5. The molecular weight excluding hydrogens is 296 g/mol. The summed E-state index contributed by atoms with van der Waals surface area (Å²) in [6, 6.07) is 18.5. The van der Waals surface area contributed by atoms with E-state index in [1.165, 1.54) is 0 Å². The fraction of sp³-hybridized carbons (Fsp3) is 0.238. The van der Waals surface area contributed by atoms with Crippen molar-refractivity contribution < 1.29 is 4.74 Å². The van der Waals surface area contributed by atoms with Crippen molar-refractivity contribution in [1.29, 1.82) is 0 Å². The van der Waals surface area contributed by atoms with Gasteiger partial charge in [0.1, 0.15) is 5.75 Å². The third-order valence-corrected chi connectivity index (χ3v) is 4.73. The second-order valence-corrected chi connectivity index (χ2v) is 6.13. The van der Waals surface area contributed by atoms with E-state index in [0.29, 0.717) is 0 Å². The van der Waals surface area contributed by atoms with Gasteiger partial charge in [0.25, 0.3) is 0 Å². The van der Waals surface area contributed by atoms with Gasteiger partial charge in [-0.3, -0.25) is 4.98 Å². The lowest BCUT2D eigenvalue weighted by Gasteiger charge is -2.34. The van der Waals surface area contributed by atoms with Crippen molar-refractivity contribution >= 4 is 16.6 Å². The quantitative estimate of drug-likeness (QED) is 0.683. The molecule has 0 unspecified atom stereocenters. The van der Waals surface area contributed by atoms with E-state index in [2.05, 4.69) is 37.0 Å². The van der Waals surface area contributed by atoms with Gasteiger partial charge in [0, 0.05) is 35.6 Å². The van der Waals surface area contributed by atoms with Gasteiger partial charge < -0.3 is 4.74 Å². The smallest absolute Gasteiger partial charge is 0.200 e. The lowest BCUT2D eigenvalue weighted by Crippen LogP contribution is -2.37. The number of hydrogen-bond acceptors (Lipinski definition) is 3. The molecule has 1 aliphatic rings. The summed E-state index contributed by atoms with van der Waals surface area (Å²) >= 11 is 0. The molecule has 0 saturated carbocycles. The number of rotatable bonds is 3. The van der Waals surface area contributed by atoms with E-state index in [9.17, 15) is 0 Å². The molecule has 3 nitrogen and oxygen atoms in total. The van der Waals surface area contributed by atoms with Crippen molar-refractivity contribution in [2.75, 3.05) is 0 Å². The van der Waals surface area contributed by atoms with Gasteiger partial charge in [0.15, 0.2) is 5.72 Å². The molecule has 0 bridgehead atoms. The summed E-state index contributed by atoms with van der Waals surface area (Å²) in [6.45, 7) is 4.24. The fourth-order valence-electron chi connectivity index (χ4n) is 3.22. The van der Waals surface area contributed by atoms with Crippen LogP contribution in [0.1, 0.15) is 37.8 Å². The maximum absolute atomic E-state index is 6.25. The number of aliphatic imine (C=N–C) groups is 1. The normalized spacial score (nSPS) is 15.5. The van der Waals surface area contributed by atoms with Gasteiger partial charge in [-0.2, -0.15) is 0 Å². The minimum absolute atomic E-state index is 0.491. The van der Waals surface area contributed by atoms with E-state index < -0.39 is 5.72 Å². The maximum atomic E-state index is 6.25. The van der Waals surface area contributed by atoms with Crippen LogP contribution in [0.3, 0.4) is 0 Å². The lowest BCUT2D eigenvalue weighted by molar-refractivity contribution is 0.0659. The van der Waals surface area contributed by atoms with Crippen LogP contribution >= 0.6 is 0 Å². The van der Waals surface area contributed by atoms with Crippen LogP contribution in [0.5, 0.6) is 5.75 Å². The Morgan fingerprint density at radius 2 is 1.71 bits per heavy atom. The highest BCUT2D eigenvalue weighted by Crippen LogP contribution is 2.36. The van der Waals surface area contributed by atoms with E-state index in [-0.39, 0.29) is 0 Å². The van der Waals surface area contributed by atoms with Crippen molar-refractivity contribution in [2.45, 2.75) is 32.4 Å². The van der Waals surface area contributed by atoms with Gasteiger partial charge in [-0.25, -0.2) is 4.99 Å². The fourth-order valence-corrected chi connectivity index (χ4v) is 3.22. The molecule has 0 amide bonds. The van der Waals surface area contributed by atoms with Crippen LogP contribution in [0.25, 0.3) is 10.9 Å². The molecule has 2 aromatic carbocycles. The third kappa shape index (κ3) is 2.37. The zero-order valence-corrected chi connectivity index (χ0v) is 14.0. The highest BCUT2D eigenvalue weighted by molar-refractivity contribution is 6.16. The van der Waals surface area contributed by atoms with Crippen LogP contribution in [0.15, 0.2) is 65.8 Å². The molecule has 0 aliphatic carbocycles. The number of benzene rings is 2. The second-order valence-electron chi connectivity index (χ2n) is 6.13. The van der Waals surface area contributed by atoms with Gasteiger partial charge in [-0.05, 0) is 24.3 Å². The molecule has 0 fully saturated rings. The summed E-state index contributed by atoms with van der Waals surface area (Å²) in [4.78, 5) is 9.63. The van der Waals surface area contributed by atoms with Gasteiger partial charge in [0.2, 0.25) is 0 Å². The van der Waals surface area contributed by atoms with Crippen molar-refractivity contribution in [3.8, 4) is 5.75 Å². The van der Waals surface area contributed by atoms with Gasteiger partial charge in [-0.1, -0.05) is 44.2 Å². The molecule has 0 N–H and O–H groups in total.